The Hall–Kier alpha value is -1.23. The summed E-state index contributed by atoms with van der Waals surface area (Å²) in [5.74, 6) is 1.86. The van der Waals surface area contributed by atoms with Crippen molar-refractivity contribution >= 4 is 21.8 Å². The number of hydrogen-bond acceptors (Lipinski definition) is 8. The molecule has 8 aliphatic rings. The molecule has 1 saturated heterocycles. The van der Waals surface area contributed by atoms with E-state index in [9.17, 15) is 23.1 Å². The van der Waals surface area contributed by atoms with Crippen LogP contribution in [0.1, 0.15) is 139 Å². The van der Waals surface area contributed by atoms with Crippen molar-refractivity contribution in [2.75, 3.05) is 44.9 Å². The number of carbonyl (C=O) groups excluding carboxylic acids is 1. The Bertz CT molecular complexity index is 1660. The number of methoxy groups -OCH3 is 1. The minimum Gasteiger partial charge on any atom is -0.481 e. The number of sulfone groups is 1. The lowest BCUT2D eigenvalue weighted by Crippen LogP contribution is -2.69. The van der Waals surface area contributed by atoms with E-state index in [1.165, 1.54) is 64.2 Å². The maximum Gasteiger partial charge on any atom is 0.309 e. The fourth-order valence-corrected chi connectivity index (χ4v) is 17.5. The summed E-state index contributed by atoms with van der Waals surface area (Å²) in [6, 6.07) is 0.178. The van der Waals surface area contributed by atoms with E-state index < -0.39 is 27.1 Å². The van der Waals surface area contributed by atoms with E-state index in [0.29, 0.717) is 55.2 Å². The number of esters is 1. The molecule has 7 aliphatic carbocycles. The topological polar surface area (TPSA) is 122 Å². The molecule has 0 aromatic heterocycles. The van der Waals surface area contributed by atoms with Gasteiger partial charge in [0.25, 0.3) is 0 Å². The number of carboxylic acid groups (broad SMARTS) is 1. The van der Waals surface area contributed by atoms with Crippen LogP contribution in [0.3, 0.4) is 0 Å². The lowest BCUT2D eigenvalue weighted by atomic mass is 9.32. The summed E-state index contributed by atoms with van der Waals surface area (Å²) >= 11 is 0. The highest BCUT2D eigenvalue weighted by Crippen LogP contribution is 2.78. The number of fused-ring (bicyclic) bond motifs is 7. The lowest BCUT2D eigenvalue weighted by molar-refractivity contribution is -0.250. The molecule has 0 aromatic carbocycles. The van der Waals surface area contributed by atoms with Gasteiger partial charge in [-0.05, 0) is 140 Å². The quantitative estimate of drug-likeness (QED) is 0.215. The average Bonchev–Trinajstić information content (AvgIpc) is 3.73. The maximum absolute atomic E-state index is 13.7. The zero-order valence-electron chi connectivity index (χ0n) is 36.4. The highest BCUT2D eigenvalue weighted by Gasteiger charge is 2.72. The molecule has 7 saturated carbocycles. The predicted octanol–water partition coefficient (Wildman–Crippen LogP) is 7.61. The van der Waals surface area contributed by atoms with Crippen molar-refractivity contribution in [1.29, 1.82) is 0 Å². The van der Waals surface area contributed by atoms with Crippen molar-refractivity contribution in [1.82, 2.24) is 10.2 Å². The first-order chi connectivity index (χ1) is 26.1. The van der Waals surface area contributed by atoms with Crippen molar-refractivity contribution in [3.63, 3.8) is 0 Å². The van der Waals surface area contributed by atoms with Gasteiger partial charge in [-0.3, -0.25) is 14.5 Å². The summed E-state index contributed by atoms with van der Waals surface area (Å²) in [4.78, 5) is 27.8. The molecule has 0 radical (unpaired) electrons. The molecule has 8 rings (SSSR count). The highest BCUT2D eigenvalue weighted by molar-refractivity contribution is 7.91. The van der Waals surface area contributed by atoms with Crippen LogP contribution in [0.2, 0.25) is 0 Å². The van der Waals surface area contributed by atoms with Gasteiger partial charge >= 0.3 is 11.9 Å². The summed E-state index contributed by atoms with van der Waals surface area (Å²) in [5, 5.41) is 14.0. The summed E-state index contributed by atoms with van der Waals surface area (Å²) in [5.41, 5.74) is 0.531. The fourth-order valence-electron chi connectivity index (χ4n) is 16.3. The second-order valence-corrected chi connectivity index (χ2v) is 25.4. The molecule has 0 aromatic rings. The average molecular weight is 801 g/mol. The van der Waals surface area contributed by atoms with Gasteiger partial charge in [0, 0.05) is 43.7 Å². The molecule has 8 fully saturated rings. The highest BCUT2D eigenvalue weighted by atomic mass is 32.2. The van der Waals surface area contributed by atoms with E-state index in [2.05, 4.69) is 51.8 Å². The van der Waals surface area contributed by atoms with Gasteiger partial charge in [0.05, 0.1) is 29.9 Å². The summed E-state index contributed by atoms with van der Waals surface area (Å²) in [7, 11) is -1.16. The number of carboxylic acids is 1. The molecule has 0 bridgehead atoms. The molecular weight excluding hydrogens is 725 g/mol. The molecule has 56 heavy (non-hydrogen) atoms. The van der Waals surface area contributed by atoms with Crippen LogP contribution in [0.5, 0.6) is 0 Å². The number of aliphatic carboxylic acids is 1. The molecule has 0 amide bonds. The van der Waals surface area contributed by atoms with Crippen LogP contribution in [0.15, 0.2) is 0 Å². The van der Waals surface area contributed by atoms with Crippen LogP contribution in [0.4, 0.5) is 0 Å². The van der Waals surface area contributed by atoms with Crippen LogP contribution < -0.4 is 5.32 Å². The number of nitrogens with one attached hydrogen (secondary N) is 1. The zero-order valence-corrected chi connectivity index (χ0v) is 37.2. The van der Waals surface area contributed by atoms with E-state index in [1.54, 1.807) is 7.11 Å². The Morgan fingerprint density at radius 2 is 1.46 bits per heavy atom. The number of ether oxygens (including phenoxy) is 2. The normalized spacial score (nSPS) is 47.5. The second-order valence-electron chi connectivity index (χ2n) is 23.1. The van der Waals surface area contributed by atoms with Gasteiger partial charge in [0.1, 0.15) is 6.10 Å². The van der Waals surface area contributed by atoms with Gasteiger partial charge < -0.3 is 19.9 Å². The van der Waals surface area contributed by atoms with Crippen molar-refractivity contribution in [2.24, 2.45) is 73.9 Å². The number of rotatable bonds is 10. The molecule has 318 valence electrons. The summed E-state index contributed by atoms with van der Waals surface area (Å²) < 4.78 is 36.9. The Morgan fingerprint density at radius 1 is 0.768 bits per heavy atom. The molecular formula is C46H76N2O7S. The van der Waals surface area contributed by atoms with Gasteiger partial charge in [-0.25, -0.2) is 8.42 Å². The third kappa shape index (κ3) is 6.14. The standard InChI is InChI=1S/C46H76N2O7S/c1-40(2)32(38(49)50)26-33(40)39(51)55-36-14-15-43(6)34(41(36,3)4)13-16-45(8)35(43)11-10-31-37-30(42(5)18-19-42)12-17-46(37,21-20-44(31,45)7)47-27-29(28-54-9)48-22-24-56(52,53)25-23-48/h29-37,47H,10-28H2,1-9H3,(H,49,50)/t29-,30+,31+,32-,33+,34-,35+,36-,37+,43-,44+,45+,46-/m0/s1. The smallest absolute Gasteiger partial charge is 0.309 e. The minimum atomic E-state index is -2.94. The molecule has 2 N–H and O–H groups in total. The number of hydrogen-bond donors (Lipinski definition) is 2. The van der Waals surface area contributed by atoms with Crippen LogP contribution in [0, 0.1) is 73.9 Å². The Kier molecular flexibility index (Phi) is 10.1. The van der Waals surface area contributed by atoms with Gasteiger partial charge in [0.2, 0.25) is 0 Å². The Morgan fingerprint density at radius 3 is 2.09 bits per heavy atom. The van der Waals surface area contributed by atoms with Crippen molar-refractivity contribution in [3.05, 3.63) is 0 Å². The minimum absolute atomic E-state index is 0.127. The molecule has 0 spiro atoms. The monoisotopic (exact) mass is 801 g/mol. The van der Waals surface area contributed by atoms with E-state index in [4.69, 9.17) is 9.47 Å². The van der Waals surface area contributed by atoms with Crippen LogP contribution in [-0.2, 0) is 28.9 Å². The van der Waals surface area contributed by atoms with Crippen molar-refractivity contribution < 1.29 is 32.6 Å². The van der Waals surface area contributed by atoms with Crippen molar-refractivity contribution in [2.45, 2.75) is 157 Å². The molecule has 10 heteroatoms. The van der Waals surface area contributed by atoms with E-state index >= 15 is 0 Å². The largest absolute Gasteiger partial charge is 0.481 e. The maximum atomic E-state index is 13.7. The molecule has 1 heterocycles. The molecule has 13 atom stereocenters. The van der Waals surface area contributed by atoms with Crippen LogP contribution >= 0.6 is 0 Å². The van der Waals surface area contributed by atoms with Gasteiger partial charge in [-0.15, -0.1) is 0 Å². The molecule has 1 aliphatic heterocycles. The first kappa shape index (κ1) is 41.5. The first-order valence-corrected chi connectivity index (χ1v) is 24.5. The van der Waals surface area contributed by atoms with E-state index in [1.807, 2.05) is 13.8 Å². The fraction of sp³-hybridized carbons (Fsp3) is 0.957. The number of nitrogens with zero attached hydrogens (tertiary/aromatic N) is 1. The van der Waals surface area contributed by atoms with Gasteiger partial charge in [-0.2, -0.15) is 0 Å². The Labute approximate surface area is 338 Å². The summed E-state index contributed by atoms with van der Waals surface area (Å²) in [6.45, 7) is 21.9. The van der Waals surface area contributed by atoms with Crippen LogP contribution in [-0.4, -0.2) is 92.9 Å². The molecule has 0 unspecified atom stereocenters. The predicted molar refractivity (Wildman–Crippen MR) is 219 cm³/mol. The zero-order chi connectivity index (χ0) is 40.5. The first-order valence-electron chi connectivity index (χ1n) is 22.7. The third-order valence-electron chi connectivity index (χ3n) is 20.4. The third-order valence-corrected chi connectivity index (χ3v) is 22.0. The van der Waals surface area contributed by atoms with Gasteiger partial charge in [-0.1, -0.05) is 55.4 Å². The SMILES string of the molecule is COC[C@H](CN[C@]12CC[C@@H](C3(C)CC3)[C@@H]1[C@H]1CC[C@@H]3[C@@]4(C)CC[C@H](OC(=O)[C@H]5C[C@@H](C(=O)O)C5(C)C)C(C)(C)[C@@H]4CC[C@@]3(C)[C@]1(C)CC2)N1CCS(=O)(=O)CC1. The van der Waals surface area contributed by atoms with E-state index in [0.717, 1.165) is 25.3 Å². The number of carbonyl (C=O) groups is 2. The Balaban J connectivity index is 1.02. The van der Waals surface area contributed by atoms with Crippen LogP contribution in [0.25, 0.3) is 0 Å². The lowest BCUT2D eigenvalue weighted by Gasteiger charge is -2.73. The van der Waals surface area contributed by atoms with Crippen molar-refractivity contribution in [3.8, 4) is 0 Å². The molecule has 9 nitrogen and oxygen atoms in total. The van der Waals surface area contributed by atoms with Gasteiger partial charge in [0.15, 0.2) is 9.84 Å². The van der Waals surface area contributed by atoms with E-state index in [-0.39, 0.29) is 62.7 Å². The second kappa shape index (κ2) is 13.6. The summed E-state index contributed by atoms with van der Waals surface area (Å²) in [6.07, 6.45) is 15.0.